The molecule has 0 aliphatic heterocycles. The van der Waals surface area contributed by atoms with E-state index in [4.69, 9.17) is 21.7 Å². The third-order valence-corrected chi connectivity index (χ3v) is 3.03. The van der Waals surface area contributed by atoms with Crippen LogP contribution in [-0.4, -0.2) is 12.2 Å². The lowest BCUT2D eigenvalue weighted by atomic mass is 10.1. The molecule has 2 aromatic rings. The van der Waals surface area contributed by atoms with Gasteiger partial charge in [0.25, 0.3) is 0 Å². The Bertz CT molecular complexity index is 617. The molecule has 0 heterocycles. The van der Waals surface area contributed by atoms with Gasteiger partial charge in [0, 0.05) is 5.39 Å². The fourth-order valence-electron chi connectivity index (χ4n) is 1.70. The number of fused-ring (bicyclic) bond motifs is 1. The van der Waals surface area contributed by atoms with Crippen LogP contribution in [-0.2, 0) is 0 Å². The molecule has 0 spiro atoms. The molecule has 0 atom stereocenters. The minimum atomic E-state index is 0.378. The Morgan fingerprint density at radius 1 is 1.17 bits per heavy atom. The van der Waals surface area contributed by atoms with Crippen molar-refractivity contribution in [1.82, 2.24) is 0 Å². The molecule has 0 fully saturated rings. The molecule has 0 saturated heterocycles. The third-order valence-electron chi connectivity index (χ3n) is 2.60. The summed E-state index contributed by atoms with van der Waals surface area (Å²) in [7, 11) is 1.62. The van der Waals surface area contributed by atoms with Gasteiger partial charge >= 0.3 is 0 Å². The lowest BCUT2D eigenvalue weighted by Crippen LogP contribution is -2.06. The van der Waals surface area contributed by atoms with Crippen molar-refractivity contribution < 1.29 is 9.47 Å². The second-order valence-electron chi connectivity index (χ2n) is 3.99. The maximum Gasteiger partial charge on any atom is 0.193 e. The van der Waals surface area contributed by atoms with Crippen LogP contribution in [0.2, 0.25) is 0 Å². The molecule has 0 radical (unpaired) electrons. The summed E-state index contributed by atoms with van der Waals surface area (Å²) in [5.74, 6) is 1.31. The molecule has 0 aliphatic carbocycles. The number of benzene rings is 2. The van der Waals surface area contributed by atoms with Gasteiger partial charge in [0.1, 0.15) is 0 Å². The molecule has 0 aliphatic rings. The molecular weight excluding hydrogens is 244 g/mol. The van der Waals surface area contributed by atoms with E-state index >= 15 is 0 Å². The molecule has 0 bridgehead atoms. The van der Waals surface area contributed by atoms with E-state index in [0.29, 0.717) is 16.5 Å². The molecule has 18 heavy (non-hydrogen) atoms. The van der Waals surface area contributed by atoms with Crippen LogP contribution in [0.25, 0.3) is 10.8 Å². The highest BCUT2D eigenvalue weighted by Gasteiger charge is 2.11. The van der Waals surface area contributed by atoms with E-state index in [1.54, 1.807) is 7.11 Å². The zero-order valence-electron chi connectivity index (χ0n) is 10.4. The first-order chi connectivity index (χ1) is 8.63. The SMILES string of the molecule is C=C(C)C(=S)Oc1ccc2ccccc2c1OC. The predicted molar refractivity (Wildman–Crippen MR) is 78.5 cm³/mol. The zero-order chi connectivity index (χ0) is 13.1. The fraction of sp³-hybridized carbons (Fsp3) is 0.133. The predicted octanol–water partition coefficient (Wildman–Crippen LogP) is 4.13. The summed E-state index contributed by atoms with van der Waals surface area (Å²) in [5, 5.41) is 2.48. The van der Waals surface area contributed by atoms with E-state index in [2.05, 4.69) is 6.58 Å². The third kappa shape index (κ3) is 2.36. The highest BCUT2D eigenvalue weighted by molar-refractivity contribution is 7.80. The molecule has 0 N–H and O–H groups in total. The van der Waals surface area contributed by atoms with Gasteiger partial charge in [-0.05, 0) is 36.2 Å². The minimum Gasteiger partial charge on any atom is -0.492 e. The summed E-state index contributed by atoms with van der Waals surface area (Å²) < 4.78 is 11.0. The fourth-order valence-corrected chi connectivity index (χ4v) is 1.79. The van der Waals surface area contributed by atoms with Gasteiger partial charge in [-0.15, -0.1) is 0 Å². The normalized spacial score (nSPS) is 10.1. The van der Waals surface area contributed by atoms with E-state index in [-0.39, 0.29) is 0 Å². The van der Waals surface area contributed by atoms with E-state index < -0.39 is 0 Å². The Labute approximate surface area is 112 Å². The molecule has 3 heteroatoms. The van der Waals surface area contributed by atoms with Crippen molar-refractivity contribution in [3.05, 3.63) is 48.6 Å². The van der Waals surface area contributed by atoms with Crippen molar-refractivity contribution in [2.75, 3.05) is 7.11 Å². The molecule has 0 aromatic heterocycles. The Morgan fingerprint density at radius 2 is 1.89 bits per heavy atom. The van der Waals surface area contributed by atoms with Crippen LogP contribution in [0.5, 0.6) is 11.5 Å². The van der Waals surface area contributed by atoms with Crippen LogP contribution >= 0.6 is 12.2 Å². The largest absolute Gasteiger partial charge is 0.492 e. The Morgan fingerprint density at radius 3 is 2.56 bits per heavy atom. The lowest BCUT2D eigenvalue weighted by Gasteiger charge is -2.13. The van der Waals surface area contributed by atoms with Crippen LogP contribution in [0, 0.1) is 0 Å². The molecule has 0 unspecified atom stereocenters. The highest BCUT2D eigenvalue weighted by Crippen LogP contribution is 2.35. The number of rotatable bonds is 3. The smallest absolute Gasteiger partial charge is 0.193 e. The van der Waals surface area contributed by atoms with Gasteiger partial charge in [-0.3, -0.25) is 0 Å². The second-order valence-corrected chi connectivity index (χ2v) is 4.36. The van der Waals surface area contributed by atoms with Crippen LogP contribution in [0.3, 0.4) is 0 Å². The number of ether oxygens (including phenoxy) is 2. The average molecular weight is 258 g/mol. The van der Waals surface area contributed by atoms with Crippen molar-refractivity contribution in [1.29, 1.82) is 0 Å². The molecule has 0 amide bonds. The molecular formula is C15H14O2S. The number of thiocarbonyl (C=S) groups is 1. The first kappa shape index (κ1) is 12.6. The van der Waals surface area contributed by atoms with Crippen LogP contribution in [0.4, 0.5) is 0 Å². The highest BCUT2D eigenvalue weighted by atomic mass is 32.1. The van der Waals surface area contributed by atoms with E-state index in [9.17, 15) is 0 Å². The zero-order valence-corrected chi connectivity index (χ0v) is 11.2. The molecule has 92 valence electrons. The van der Waals surface area contributed by atoms with Gasteiger partial charge in [-0.25, -0.2) is 0 Å². The Kier molecular flexibility index (Phi) is 3.63. The van der Waals surface area contributed by atoms with E-state index in [1.807, 2.05) is 43.3 Å². The summed E-state index contributed by atoms with van der Waals surface area (Å²) in [4.78, 5) is 0. The van der Waals surface area contributed by atoms with Gasteiger partial charge in [0.15, 0.2) is 16.5 Å². The first-order valence-corrected chi connectivity index (χ1v) is 5.97. The van der Waals surface area contributed by atoms with Crippen LogP contribution < -0.4 is 9.47 Å². The van der Waals surface area contributed by atoms with Crippen LogP contribution in [0.15, 0.2) is 48.6 Å². The maximum atomic E-state index is 5.61. The van der Waals surface area contributed by atoms with Crippen molar-refractivity contribution in [3.8, 4) is 11.5 Å². The Hall–Kier alpha value is -1.87. The van der Waals surface area contributed by atoms with Crippen molar-refractivity contribution >= 4 is 28.0 Å². The molecule has 2 aromatic carbocycles. The van der Waals surface area contributed by atoms with Gasteiger partial charge in [0.2, 0.25) is 0 Å². The monoisotopic (exact) mass is 258 g/mol. The number of methoxy groups -OCH3 is 1. The average Bonchev–Trinajstić information content (AvgIpc) is 2.38. The van der Waals surface area contributed by atoms with Crippen molar-refractivity contribution in [2.45, 2.75) is 6.92 Å². The van der Waals surface area contributed by atoms with Gasteiger partial charge in [0.05, 0.1) is 7.11 Å². The minimum absolute atomic E-state index is 0.378. The number of hydrogen-bond donors (Lipinski definition) is 0. The lowest BCUT2D eigenvalue weighted by molar-refractivity contribution is 0.397. The molecule has 0 saturated carbocycles. The number of hydrogen-bond acceptors (Lipinski definition) is 3. The summed E-state index contributed by atoms with van der Waals surface area (Å²) in [6.07, 6.45) is 0. The summed E-state index contributed by atoms with van der Waals surface area (Å²) in [6.45, 7) is 5.58. The van der Waals surface area contributed by atoms with E-state index in [1.165, 1.54) is 0 Å². The quantitative estimate of drug-likeness (QED) is 0.609. The molecule has 2 rings (SSSR count). The summed E-state index contributed by atoms with van der Waals surface area (Å²) >= 11 is 5.11. The topological polar surface area (TPSA) is 18.5 Å². The van der Waals surface area contributed by atoms with Gasteiger partial charge in [-0.1, -0.05) is 36.9 Å². The standard InChI is InChI=1S/C15H14O2S/c1-10(2)15(18)17-13-9-8-11-6-4-5-7-12(11)14(13)16-3/h4-9H,1H2,2-3H3. The summed E-state index contributed by atoms with van der Waals surface area (Å²) in [6, 6.07) is 11.8. The second kappa shape index (κ2) is 5.19. The van der Waals surface area contributed by atoms with Crippen molar-refractivity contribution in [3.63, 3.8) is 0 Å². The van der Waals surface area contributed by atoms with Crippen LogP contribution in [0.1, 0.15) is 6.92 Å². The first-order valence-electron chi connectivity index (χ1n) is 5.57. The molecule has 2 nitrogen and oxygen atoms in total. The Balaban J connectivity index is 2.51. The maximum absolute atomic E-state index is 5.61. The van der Waals surface area contributed by atoms with E-state index in [0.717, 1.165) is 16.3 Å². The van der Waals surface area contributed by atoms with Crippen molar-refractivity contribution in [2.24, 2.45) is 0 Å². The van der Waals surface area contributed by atoms with Gasteiger partial charge in [-0.2, -0.15) is 0 Å². The van der Waals surface area contributed by atoms with Gasteiger partial charge < -0.3 is 9.47 Å². The summed E-state index contributed by atoms with van der Waals surface area (Å²) in [5.41, 5.74) is 0.722.